The Morgan fingerprint density at radius 2 is 1.95 bits per heavy atom. The topological polar surface area (TPSA) is 121 Å². The maximum absolute atomic E-state index is 12.5. The van der Waals surface area contributed by atoms with Crippen molar-refractivity contribution in [3.63, 3.8) is 0 Å². The van der Waals surface area contributed by atoms with Crippen molar-refractivity contribution in [2.24, 2.45) is 5.10 Å². The van der Waals surface area contributed by atoms with Crippen LogP contribution in [0.15, 0.2) is 81.7 Å². The fraction of sp³-hybridized carbons (Fsp3) is 0.120. The smallest absolute Gasteiger partial charge is 0.308 e. The van der Waals surface area contributed by atoms with Crippen molar-refractivity contribution in [2.75, 3.05) is 12.9 Å². The fourth-order valence-electron chi connectivity index (χ4n) is 3.21. The zero-order chi connectivity index (χ0) is 26.2. The molecule has 0 aliphatic carbocycles. The van der Waals surface area contributed by atoms with E-state index >= 15 is 0 Å². The number of methoxy groups -OCH3 is 1. The van der Waals surface area contributed by atoms with Crippen LogP contribution in [0.1, 0.15) is 12.5 Å². The molecule has 0 saturated heterocycles. The Morgan fingerprint density at radius 3 is 2.65 bits per heavy atom. The van der Waals surface area contributed by atoms with E-state index in [4.69, 9.17) is 9.47 Å². The normalized spacial score (nSPS) is 10.9. The Bertz CT molecular complexity index is 1430. The molecule has 0 atom stereocenters. The minimum atomic E-state index is -0.451. The van der Waals surface area contributed by atoms with Gasteiger partial charge in [-0.2, -0.15) is 5.10 Å². The Balaban J connectivity index is 1.45. The van der Waals surface area contributed by atoms with Gasteiger partial charge in [0.05, 0.1) is 19.1 Å². The summed E-state index contributed by atoms with van der Waals surface area (Å²) < 4.78 is 13.1. The maximum atomic E-state index is 12.5. The number of nitrogens with one attached hydrogen (secondary N) is 1. The minimum absolute atomic E-state index is 0.0632. The van der Waals surface area contributed by atoms with Crippen molar-refractivity contribution in [2.45, 2.75) is 12.1 Å². The van der Waals surface area contributed by atoms with Gasteiger partial charge in [-0.1, -0.05) is 27.7 Å². The van der Waals surface area contributed by atoms with Gasteiger partial charge in [-0.25, -0.2) is 5.43 Å². The van der Waals surface area contributed by atoms with Crippen molar-refractivity contribution >= 4 is 45.8 Å². The fourth-order valence-corrected chi connectivity index (χ4v) is 4.22. The first-order valence-corrected chi connectivity index (χ1v) is 12.7. The van der Waals surface area contributed by atoms with Gasteiger partial charge < -0.3 is 9.47 Å². The van der Waals surface area contributed by atoms with Crippen molar-refractivity contribution < 1.29 is 19.1 Å². The van der Waals surface area contributed by atoms with Crippen LogP contribution in [0, 0.1) is 0 Å². The third-order valence-electron chi connectivity index (χ3n) is 4.81. The number of rotatable bonds is 9. The van der Waals surface area contributed by atoms with Crippen LogP contribution in [0.4, 0.5) is 0 Å². The average Bonchev–Trinajstić information content (AvgIpc) is 3.33. The molecule has 2 heterocycles. The summed E-state index contributed by atoms with van der Waals surface area (Å²) >= 11 is 4.69. The highest BCUT2D eigenvalue weighted by atomic mass is 79.9. The average molecular weight is 581 g/mol. The number of aromatic nitrogens is 4. The molecule has 1 N–H and O–H groups in total. The van der Waals surface area contributed by atoms with Crippen molar-refractivity contribution in [1.29, 1.82) is 0 Å². The van der Waals surface area contributed by atoms with E-state index in [-0.39, 0.29) is 11.7 Å². The molecule has 0 aliphatic rings. The molecule has 188 valence electrons. The zero-order valence-electron chi connectivity index (χ0n) is 19.8. The summed E-state index contributed by atoms with van der Waals surface area (Å²) in [4.78, 5) is 27.8. The highest BCUT2D eigenvalue weighted by Crippen LogP contribution is 2.29. The Hall–Kier alpha value is -4.03. The number of hydrogen-bond donors (Lipinski definition) is 1. The van der Waals surface area contributed by atoms with Crippen LogP contribution in [0.3, 0.4) is 0 Å². The molecule has 4 aromatic rings. The van der Waals surface area contributed by atoms with E-state index in [9.17, 15) is 9.59 Å². The highest BCUT2D eigenvalue weighted by molar-refractivity contribution is 9.10. The van der Waals surface area contributed by atoms with E-state index in [2.05, 4.69) is 41.6 Å². The van der Waals surface area contributed by atoms with Gasteiger partial charge >= 0.3 is 5.97 Å². The monoisotopic (exact) mass is 580 g/mol. The number of hydrogen-bond acceptors (Lipinski definition) is 9. The molecule has 0 aliphatic heterocycles. The molecule has 0 spiro atoms. The van der Waals surface area contributed by atoms with E-state index < -0.39 is 5.97 Å². The lowest BCUT2D eigenvalue weighted by atomic mass is 10.2. The van der Waals surface area contributed by atoms with Gasteiger partial charge in [0.2, 0.25) is 0 Å². The number of esters is 1. The van der Waals surface area contributed by atoms with Crippen LogP contribution >= 0.6 is 27.7 Å². The number of benzene rings is 2. The van der Waals surface area contributed by atoms with Crippen molar-refractivity contribution in [1.82, 2.24) is 25.2 Å². The molecule has 0 radical (unpaired) electrons. The van der Waals surface area contributed by atoms with E-state index in [1.54, 1.807) is 30.6 Å². The number of carbonyl (C=O) groups excluding carboxylic acids is 2. The maximum Gasteiger partial charge on any atom is 0.308 e. The second-order valence-electron chi connectivity index (χ2n) is 7.45. The van der Waals surface area contributed by atoms with E-state index in [1.165, 1.54) is 32.0 Å². The summed E-state index contributed by atoms with van der Waals surface area (Å²) in [5.74, 6) is 0.577. The quantitative estimate of drug-likeness (QED) is 0.102. The van der Waals surface area contributed by atoms with E-state index in [0.717, 1.165) is 15.7 Å². The molecule has 37 heavy (non-hydrogen) atoms. The third kappa shape index (κ3) is 6.80. The summed E-state index contributed by atoms with van der Waals surface area (Å²) in [5.41, 5.74) is 4.80. The predicted molar refractivity (Wildman–Crippen MR) is 143 cm³/mol. The number of thioether (sulfide) groups is 1. The largest absolute Gasteiger partial charge is 0.493 e. The lowest BCUT2D eigenvalue weighted by Crippen LogP contribution is -2.20. The number of hydrazone groups is 1. The number of halogens is 1. The molecular formula is C25H21BrN6O4S. The number of pyridine rings is 1. The summed E-state index contributed by atoms with van der Waals surface area (Å²) in [5, 5.41) is 13.2. The van der Waals surface area contributed by atoms with Gasteiger partial charge in [0.25, 0.3) is 5.91 Å². The Labute approximate surface area is 225 Å². The van der Waals surface area contributed by atoms with Crippen LogP contribution in [-0.2, 0) is 9.59 Å². The summed E-state index contributed by atoms with van der Waals surface area (Å²) in [6, 6.07) is 16.4. The highest BCUT2D eigenvalue weighted by Gasteiger charge is 2.17. The van der Waals surface area contributed by atoms with Gasteiger partial charge in [0.15, 0.2) is 22.5 Å². The summed E-state index contributed by atoms with van der Waals surface area (Å²) in [7, 11) is 1.47. The number of carbonyl (C=O) groups is 2. The van der Waals surface area contributed by atoms with Gasteiger partial charge in [-0.3, -0.25) is 19.1 Å². The van der Waals surface area contributed by atoms with Gasteiger partial charge in [0, 0.05) is 35.0 Å². The molecule has 4 rings (SSSR count). The summed E-state index contributed by atoms with van der Waals surface area (Å²) in [6.45, 7) is 1.31. The van der Waals surface area contributed by atoms with Crippen LogP contribution in [0.25, 0.3) is 17.1 Å². The lowest BCUT2D eigenvalue weighted by molar-refractivity contribution is -0.132. The molecule has 0 fully saturated rings. The Kier molecular flexibility index (Phi) is 8.64. The van der Waals surface area contributed by atoms with Crippen LogP contribution < -0.4 is 14.9 Å². The minimum Gasteiger partial charge on any atom is -0.493 e. The van der Waals surface area contributed by atoms with Crippen molar-refractivity contribution in [3.05, 3.63) is 77.0 Å². The van der Waals surface area contributed by atoms with Gasteiger partial charge in [-0.15, -0.1) is 10.2 Å². The standard InChI is InChI=1S/C25H21BrN6O4S/c1-16(33)36-21-10-5-17(12-22(21)35-2)13-28-29-23(34)15-37-25-31-30-24(18-4-3-11-27-14-18)32(25)20-8-6-19(26)7-9-20/h3-14H,15H2,1-2H3,(H,29,34). The third-order valence-corrected chi connectivity index (χ3v) is 6.27. The molecule has 2 aromatic carbocycles. The Morgan fingerprint density at radius 1 is 1.14 bits per heavy atom. The van der Waals surface area contributed by atoms with Gasteiger partial charge in [-0.05, 0) is 60.2 Å². The number of amides is 1. The first-order chi connectivity index (χ1) is 17.9. The lowest BCUT2D eigenvalue weighted by Gasteiger charge is -2.10. The number of nitrogens with zero attached hydrogens (tertiary/aromatic N) is 5. The van der Waals surface area contributed by atoms with Crippen LogP contribution in [0.2, 0.25) is 0 Å². The van der Waals surface area contributed by atoms with E-state index in [0.29, 0.717) is 28.0 Å². The molecule has 2 aromatic heterocycles. The molecule has 12 heteroatoms. The predicted octanol–water partition coefficient (Wildman–Crippen LogP) is 4.27. The van der Waals surface area contributed by atoms with Gasteiger partial charge in [0.1, 0.15) is 0 Å². The molecular weight excluding hydrogens is 560 g/mol. The van der Waals surface area contributed by atoms with Crippen LogP contribution in [0.5, 0.6) is 11.5 Å². The zero-order valence-corrected chi connectivity index (χ0v) is 22.2. The van der Waals surface area contributed by atoms with Crippen LogP contribution in [-0.4, -0.2) is 50.7 Å². The second-order valence-corrected chi connectivity index (χ2v) is 9.30. The van der Waals surface area contributed by atoms with Crippen molar-refractivity contribution in [3.8, 4) is 28.6 Å². The number of ether oxygens (including phenoxy) is 2. The molecule has 1 amide bonds. The molecule has 0 bridgehead atoms. The molecule has 0 unspecified atom stereocenters. The molecule has 0 saturated carbocycles. The second kappa shape index (κ2) is 12.3. The first-order valence-electron chi connectivity index (χ1n) is 10.9. The van der Waals surface area contributed by atoms with E-state index in [1.807, 2.05) is 41.0 Å². The SMILES string of the molecule is COc1cc(C=NNC(=O)CSc2nnc(-c3cccnc3)n2-c2ccc(Br)cc2)ccc1OC(C)=O. The molecule has 10 nitrogen and oxygen atoms in total. The first kappa shape index (κ1) is 26.0. The summed E-state index contributed by atoms with van der Waals surface area (Å²) in [6.07, 6.45) is 4.87.